The minimum absolute atomic E-state index is 0.0249. The first-order valence-electron chi connectivity index (χ1n) is 4.92. The number of anilines is 1. The first kappa shape index (κ1) is 12.2. The van der Waals surface area contributed by atoms with Gasteiger partial charge in [-0.3, -0.25) is 14.9 Å². The molecule has 6 nitrogen and oxygen atoms in total. The predicted octanol–water partition coefficient (Wildman–Crippen LogP) is 1.42. The topological polar surface area (TPSA) is 92.4 Å². The summed E-state index contributed by atoms with van der Waals surface area (Å²) in [5.41, 5.74) is 0.675. The number of amides is 1. The molecule has 0 aliphatic carbocycles. The second kappa shape index (κ2) is 5.29. The number of carboxylic acids is 1. The third-order valence-electron chi connectivity index (χ3n) is 1.95. The van der Waals surface area contributed by atoms with Crippen molar-refractivity contribution in [2.75, 3.05) is 5.32 Å². The standard InChI is InChI=1S/C10H14N2O4/c1-6(4-10(14)15)3-8(13)11-9-5-7(2)12-16-9/h5-6H,3-4H2,1-2H3,(H,11,13)(H,14,15). The van der Waals surface area contributed by atoms with E-state index in [0.29, 0.717) is 5.69 Å². The van der Waals surface area contributed by atoms with E-state index >= 15 is 0 Å². The van der Waals surface area contributed by atoms with Gasteiger partial charge in [-0.25, -0.2) is 0 Å². The molecule has 0 aliphatic heterocycles. The lowest BCUT2D eigenvalue weighted by atomic mass is 10.0. The van der Waals surface area contributed by atoms with Crippen molar-refractivity contribution in [3.63, 3.8) is 0 Å². The number of carboxylic acid groups (broad SMARTS) is 1. The molecule has 1 heterocycles. The van der Waals surface area contributed by atoms with E-state index in [1.54, 1.807) is 19.9 Å². The molecule has 0 saturated carbocycles. The highest BCUT2D eigenvalue weighted by atomic mass is 16.5. The zero-order valence-corrected chi connectivity index (χ0v) is 9.19. The van der Waals surface area contributed by atoms with Gasteiger partial charge in [-0.2, -0.15) is 0 Å². The van der Waals surface area contributed by atoms with Gasteiger partial charge >= 0.3 is 5.97 Å². The van der Waals surface area contributed by atoms with Gasteiger partial charge < -0.3 is 9.63 Å². The fourth-order valence-electron chi connectivity index (χ4n) is 1.30. The van der Waals surface area contributed by atoms with E-state index in [0.717, 1.165) is 0 Å². The molecule has 1 rings (SSSR count). The highest BCUT2D eigenvalue weighted by molar-refractivity contribution is 5.89. The Morgan fingerprint density at radius 3 is 2.75 bits per heavy atom. The highest BCUT2D eigenvalue weighted by Crippen LogP contribution is 2.12. The van der Waals surface area contributed by atoms with Crippen LogP contribution in [0.25, 0.3) is 0 Å². The molecule has 0 aliphatic rings. The van der Waals surface area contributed by atoms with Crippen LogP contribution in [0.2, 0.25) is 0 Å². The molecule has 0 spiro atoms. The quantitative estimate of drug-likeness (QED) is 0.792. The normalized spacial score (nSPS) is 12.1. The Morgan fingerprint density at radius 1 is 1.56 bits per heavy atom. The summed E-state index contributed by atoms with van der Waals surface area (Å²) in [6.07, 6.45) is 0.120. The molecule has 88 valence electrons. The van der Waals surface area contributed by atoms with Gasteiger partial charge in [-0.15, -0.1) is 0 Å². The monoisotopic (exact) mass is 226 g/mol. The number of aromatic nitrogens is 1. The van der Waals surface area contributed by atoms with E-state index in [2.05, 4.69) is 10.5 Å². The van der Waals surface area contributed by atoms with Crippen molar-refractivity contribution in [1.82, 2.24) is 5.16 Å². The number of rotatable bonds is 5. The Bertz CT molecular complexity index is 386. The number of carbonyl (C=O) groups excluding carboxylic acids is 1. The van der Waals surface area contributed by atoms with Crippen molar-refractivity contribution in [3.05, 3.63) is 11.8 Å². The fraction of sp³-hybridized carbons (Fsp3) is 0.500. The Hall–Kier alpha value is -1.85. The molecule has 1 amide bonds. The molecule has 2 N–H and O–H groups in total. The van der Waals surface area contributed by atoms with E-state index in [9.17, 15) is 9.59 Å². The molecule has 0 saturated heterocycles. The van der Waals surface area contributed by atoms with Crippen LogP contribution in [0.5, 0.6) is 0 Å². The second-order valence-corrected chi connectivity index (χ2v) is 3.79. The van der Waals surface area contributed by atoms with Gasteiger partial charge in [0.25, 0.3) is 0 Å². The van der Waals surface area contributed by atoms with Crippen molar-refractivity contribution in [1.29, 1.82) is 0 Å². The average Bonchev–Trinajstić information content (AvgIpc) is 2.48. The minimum Gasteiger partial charge on any atom is -0.481 e. The summed E-state index contributed by atoms with van der Waals surface area (Å²) in [6, 6.07) is 1.60. The summed E-state index contributed by atoms with van der Waals surface area (Å²) in [7, 11) is 0. The number of aliphatic carboxylic acids is 1. The lowest BCUT2D eigenvalue weighted by Gasteiger charge is -2.06. The molecular weight excluding hydrogens is 212 g/mol. The number of hydrogen-bond donors (Lipinski definition) is 2. The molecule has 0 fully saturated rings. The van der Waals surface area contributed by atoms with Gasteiger partial charge in [0.05, 0.1) is 5.69 Å². The Labute approximate surface area is 92.6 Å². The number of aryl methyl sites for hydroxylation is 1. The molecule has 16 heavy (non-hydrogen) atoms. The summed E-state index contributed by atoms with van der Waals surface area (Å²) < 4.78 is 4.80. The first-order valence-corrected chi connectivity index (χ1v) is 4.92. The van der Waals surface area contributed by atoms with Crippen LogP contribution in [0, 0.1) is 12.8 Å². The van der Waals surface area contributed by atoms with Crippen LogP contribution in [0.15, 0.2) is 10.6 Å². The van der Waals surface area contributed by atoms with Crippen LogP contribution in [-0.4, -0.2) is 22.1 Å². The summed E-state index contributed by atoms with van der Waals surface area (Å²) in [5.74, 6) is -1.10. The van der Waals surface area contributed by atoms with Crippen LogP contribution in [0.4, 0.5) is 5.88 Å². The zero-order chi connectivity index (χ0) is 12.1. The van der Waals surface area contributed by atoms with Gasteiger partial charge in [0, 0.05) is 18.9 Å². The third-order valence-corrected chi connectivity index (χ3v) is 1.95. The molecule has 6 heteroatoms. The van der Waals surface area contributed by atoms with E-state index in [1.165, 1.54) is 0 Å². The first-order chi connectivity index (χ1) is 7.47. The smallest absolute Gasteiger partial charge is 0.303 e. The predicted molar refractivity (Wildman–Crippen MR) is 55.9 cm³/mol. The summed E-state index contributed by atoms with van der Waals surface area (Å²) in [4.78, 5) is 21.8. The van der Waals surface area contributed by atoms with Gasteiger partial charge in [-0.1, -0.05) is 12.1 Å². The molecule has 1 atom stereocenters. The van der Waals surface area contributed by atoms with E-state index in [-0.39, 0.29) is 30.6 Å². The minimum atomic E-state index is -0.907. The second-order valence-electron chi connectivity index (χ2n) is 3.79. The summed E-state index contributed by atoms with van der Waals surface area (Å²) in [6.45, 7) is 3.45. The maximum absolute atomic E-state index is 11.4. The Kier molecular flexibility index (Phi) is 4.04. The molecule has 0 bridgehead atoms. The number of nitrogens with one attached hydrogen (secondary N) is 1. The lowest BCUT2D eigenvalue weighted by molar-refractivity contribution is -0.138. The van der Waals surface area contributed by atoms with Gasteiger partial charge in [0.15, 0.2) is 0 Å². The van der Waals surface area contributed by atoms with Crippen LogP contribution in [0.3, 0.4) is 0 Å². The maximum Gasteiger partial charge on any atom is 0.303 e. The van der Waals surface area contributed by atoms with Gasteiger partial charge in [-0.05, 0) is 12.8 Å². The fourth-order valence-corrected chi connectivity index (χ4v) is 1.30. The molecule has 0 radical (unpaired) electrons. The molecule has 1 unspecified atom stereocenters. The Morgan fingerprint density at radius 2 is 2.25 bits per heavy atom. The largest absolute Gasteiger partial charge is 0.481 e. The summed E-state index contributed by atoms with van der Waals surface area (Å²) >= 11 is 0. The lowest BCUT2D eigenvalue weighted by Crippen LogP contribution is -2.16. The summed E-state index contributed by atoms with van der Waals surface area (Å²) in [5, 5.41) is 14.6. The molecule has 1 aromatic rings. The van der Waals surface area contributed by atoms with Crippen LogP contribution in [-0.2, 0) is 9.59 Å². The van der Waals surface area contributed by atoms with Crippen molar-refractivity contribution < 1.29 is 19.2 Å². The average molecular weight is 226 g/mol. The number of nitrogens with zero attached hydrogens (tertiary/aromatic N) is 1. The number of carbonyl (C=O) groups is 2. The zero-order valence-electron chi connectivity index (χ0n) is 9.19. The maximum atomic E-state index is 11.4. The van der Waals surface area contributed by atoms with E-state index < -0.39 is 5.97 Å². The van der Waals surface area contributed by atoms with Gasteiger partial charge in [0.1, 0.15) is 0 Å². The van der Waals surface area contributed by atoms with E-state index in [1.807, 2.05) is 0 Å². The van der Waals surface area contributed by atoms with Crippen LogP contribution in [0.1, 0.15) is 25.5 Å². The highest BCUT2D eigenvalue weighted by Gasteiger charge is 2.13. The van der Waals surface area contributed by atoms with Crippen molar-refractivity contribution in [2.45, 2.75) is 26.7 Å². The molecular formula is C10H14N2O4. The van der Waals surface area contributed by atoms with Crippen molar-refractivity contribution in [3.8, 4) is 0 Å². The van der Waals surface area contributed by atoms with E-state index in [4.69, 9.17) is 9.63 Å². The SMILES string of the molecule is Cc1cc(NC(=O)CC(C)CC(=O)O)on1. The number of hydrogen-bond acceptors (Lipinski definition) is 4. The molecule has 1 aromatic heterocycles. The van der Waals surface area contributed by atoms with Crippen LogP contribution >= 0.6 is 0 Å². The van der Waals surface area contributed by atoms with Crippen molar-refractivity contribution >= 4 is 17.8 Å². The van der Waals surface area contributed by atoms with Crippen molar-refractivity contribution in [2.24, 2.45) is 5.92 Å². The van der Waals surface area contributed by atoms with Gasteiger partial charge in [0.2, 0.25) is 11.8 Å². The van der Waals surface area contributed by atoms with Crippen LogP contribution < -0.4 is 5.32 Å². The third kappa shape index (κ3) is 4.12. The Balaban J connectivity index is 2.38. The molecule has 0 aromatic carbocycles.